The molecular weight excluding hydrogens is 407 g/mol. The van der Waals surface area contributed by atoms with Gasteiger partial charge in [0.1, 0.15) is 12.1 Å². The normalized spacial score (nSPS) is 18.8. The summed E-state index contributed by atoms with van der Waals surface area (Å²) in [7, 11) is 0. The van der Waals surface area contributed by atoms with Crippen molar-refractivity contribution in [3.63, 3.8) is 0 Å². The first-order chi connectivity index (χ1) is 15.4. The lowest BCUT2D eigenvalue weighted by molar-refractivity contribution is -0.117. The fraction of sp³-hybridized carbons (Fsp3) is 0.417. The van der Waals surface area contributed by atoms with E-state index in [0.29, 0.717) is 41.2 Å². The quantitative estimate of drug-likeness (QED) is 0.517. The molecule has 1 atom stereocenters. The number of rotatable bonds is 8. The highest BCUT2D eigenvalue weighted by Gasteiger charge is 2.41. The van der Waals surface area contributed by atoms with Gasteiger partial charge in [-0.1, -0.05) is 31.9 Å². The third-order valence-electron chi connectivity index (χ3n) is 6.07. The van der Waals surface area contributed by atoms with E-state index >= 15 is 4.39 Å². The van der Waals surface area contributed by atoms with Crippen molar-refractivity contribution < 1.29 is 9.18 Å². The van der Waals surface area contributed by atoms with Gasteiger partial charge in [-0.2, -0.15) is 5.10 Å². The smallest absolute Gasteiger partial charge is 0.256 e. The summed E-state index contributed by atoms with van der Waals surface area (Å²) in [5.41, 5.74) is 2.30. The highest BCUT2D eigenvalue weighted by Crippen LogP contribution is 2.41. The zero-order valence-corrected chi connectivity index (χ0v) is 18.8. The molecule has 32 heavy (non-hydrogen) atoms. The molecule has 0 saturated carbocycles. The molecule has 0 fully saturated rings. The number of halogens is 1. The number of nitrogens with one attached hydrogen (secondary N) is 2. The van der Waals surface area contributed by atoms with Crippen LogP contribution >= 0.6 is 0 Å². The molecule has 4 rings (SSSR count). The van der Waals surface area contributed by atoms with E-state index in [-0.39, 0.29) is 11.7 Å². The van der Waals surface area contributed by atoms with Crippen LogP contribution in [0.1, 0.15) is 69.1 Å². The van der Waals surface area contributed by atoms with Gasteiger partial charge in [-0.05, 0) is 50.0 Å². The number of amides is 1. The van der Waals surface area contributed by atoms with Gasteiger partial charge in [-0.25, -0.2) is 4.39 Å². The van der Waals surface area contributed by atoms with E-state index in [1.54, 1.807) is 16.8 Å². The molecule has 2 aromatic heterocycles. The van der Waals surface area contributed by atoms with E-state index < -0.39 is 5.54 Å². The van der Waals surface area contributed by atoms with Crippen LogP contribution in [0.5, 0.6) is 0 Å². The van der Waals surface area contributed by atoms with E-state index in [1.807, 2.05) is 32.2 Å². The monoisotopic (exact) mass is 436 g/mol. The van der Waals surface area contributed by atoms with Gasteiger partial charge in [0.05, 0.1) is 16.8 Å². The number of aryl methyl sites for hydroxylation is 2. The van der Waals surface area contributed by atoms with Gasteiger partial charge in [0.2, 0.25) is 0 Å². The van der Waals surface area contributed by atoms with Crippen LogP contribution in [0.3, 0.4) is 0 Å². The summed E-state index contributed by atoms with van der Waals surface area (Å²) in [4.78, 5) is 16.2. The van der Waals surface area contributed by atoms with Gasteiger partial charge >= 0.3 is 0 Å². The summed E-state index contributed by atoms with van der Waals surface area (Å²) in [6.45, 7) is 6.71. The van der Waals surface area contributed by atoms with Crippen molar-refractivity contribution in [3.8, 4) is 0 Å². The molecule has 1 aliphatic heterocycles. The van der Waals surface area contributed by atoms with Crippen LogP contribution in [-0.4, -0.2) is 30.9 Å². The van der Waals surface area contributed by atoms with Crippen molar-refractivity contribution in [1.29, 1.82) is 0 Å². The van der Waals surface area contributed by atoms with Crippen LogP contribution in [0.15, 0.2) is 36.8 Å². The third-order valence-corrected chi connectivity index (χ3v) is 6.07. The molecule has 1 aromatic carbocycles. The molecule has 2 N–H and O–H groups in total. The first-order valence-electron chi connectivity index (χ1n) is 11.2. The Hall–Kier alpha value is -3.29. The minimum absolute atomic E-state index is 0.302. The predicted molar refractivity (Wildman–Crippen MR) is 121 cm³/mol. The molecule has 0 saturated heterocycles. The molecule has 0 radical (unpaired) electrons. The van der Waals surface area contributed by atoms with Crippen molar-refractivity contribution in [3.05, 3.63) is 65.3 Å². The first kappa shape index (κ1) is 21.9. The van der Waals surface area contributed by atoms with Crippen molar-refractivity contribution in [2.75, 3.05) is 0 Å². The summed E-state index contributed by atoms with van der Waals surface area (Å²) in [6.07, 6.45) is 7.82. The minimum Gasteiger partial charge on any atom is -0.342 e. The maximum Gasteiger partial charge on any atom is 0.256 e. The molecule has 0 spiro atoms. The van der Waals surface area contributed by atoms with E-state index in [4.69, 9.17) is 0 Å². The van der Waals surface area contributed by atoms with Gasteiger partial charge in [-0.3, -0.25) is 9.48 Å². The topological polar surface area (TPSA) is 88.5 Å². The minimum atomic E-state index is -0.919. The summed E-state index contributed by atoms with van der Waals surface area (Å²) in [6, 6.07) is 7.25. The fourth-order valence-electron chi connectivity index (χ4n) is 4.34. The van der Waals surface area contributed by atoms with E-state index in [0.717, 1.165) is 31.2 Å². The van der Waals surface area contributed by atoms with Crippen LogP contribution in [0.25, 0.3) is 11.1 Å². The molecule has 3 heterocycles. The number of unbranched alkanes of at least 4 members (excludes halogenated alkanes) is 2. The zero-order chi connectivity index (χ0) is 22.7. The predicted octanol–water partition coefficient (Wildman–Crippen LogP) is 4.24. The van der Waals surface area contributed by atoms with Crippen molar-refractivity contribution in [1.82, 2.24) is 30.3 Å². The largest absolute Gasteiger partial charge is 0.342 e. The second-order valence-electron chi connectivity index (χ2n) is 8.48. The molecule has 3 aromatic rings. The van der Waals surface area contributed by atoms with Crippen LogP contribution in [0, 0.1) is 5.82 Å². The highest BCUT2D eigenvalue weighted by molar-refractivity contribution is 6.27. The highest BCUT2D eigenvalue weighted by atomic mass is 19.1. The molecule has 8 heteroatoms. The first-order valence-corrected chi connectivity index (χ1v) is 11.2. The SMILES string of the molecule is CCCCCc1ccc([C@]2(C)CC(c3ccn(CC)n3)=C(c3nnc[nH]3)C(=O)N2)c(F)c1. The van der Waals surface area contributed by atoms with Crippen molar-refractivity contribution in [2.45, 2.75) is 65.0 Å². The second-order valence-corrected chi connectivity index (χ2v) is 8.48. The number of aromatic nitrogens is 5. The number of carbonyl (C=O) groups excluding carboxylic acids is 1. The standard InChI is InChI=1S/C24H29FN6O/c1-4-6-7-8-16-9-10-18(19(25)13-16)24(3)14-17(20-11-12-31(5-2)30-20)21(23(32)28-24)22-26-15-27-29-22/h9-13,15H,4-8,14H2,1-3H3,(H,28,32)(H,26,27,29)/t24-/m0/s1. The number of benzene rings is 1. The molecule has 1 aliphatic rings. The zero-order valence-electron chi connectivity index (χ0n) is 18.8. The average molecular weight is 437 g/mol. The number of aromatic amines is 1. The maximum atomic E-state index is 15.3. The molecule has 1 amide bonds. The number of hydrogen-bond acceptors (Lipinski definition) is 4. The number of nitrogens with zero attached hydrogens (tertiary/aromatic N) is 4. The second kappa shape index (κ2) is 9.06. The molecule has 168 valence electrons. The summed E-state index contributed by atoms with van der Waals surface area (Å²) in [5.74, 6) is -0.260. The van der Waals surface area contributed by atoms with Crippen LogP contribution in [0.4, 0.5) is 4.39 Å². The third kappa shape index (κ3) is 4.22. The van der Waals surface area contributed by atoms with Crippen LogP contribution < -0.4 is 5.32 Å². The number of hydrogen-bond donors (Lipinski definition) is 2. The van der Waals surface area contributed by atoms with E-state index in [1.165, 1.54) is 6.33 Å². The number of carbonyl (C=O) groups is 1. The molecule has 0 bridgehead atoms. The molecule has 7 nitrogen and oxygen atoms in total. The van der Waals surface area contributed by atoms with Crippen LogP contribution in [0.2, 0.25) is 0 Å². The average Bonchev–Trinajstić information content (AvgIpc) is 3.45. The Kier molecular flexibility index (Phi) is 6.21. The van der Waals surface area contributed by atoms with Crippen molar-refractivity contribution >= 4 is 17.1 Å². The van der Waals surface area contributed by atoms with E-state index in [2.05, 4.69) is 32.5 Å². The summed E-state index contributed by atoms with van der Waals surface area (Å²) < 4.78 is 17.1. The Balaban J connectivity index is 1.73. The summed E-state index contributed by atoms with van der Waals surface area (Å²) in [5, 5.41) is 15.5. The molecular formula is C24H29FN6O. The van der Waals surface area contributed by atoms with Gasteiger partial charge in [0.15, 0.2) is 5.82 Å². The lowest BCUT2D eigenvalue weighted by Gasteiger charge is -2.37. The lowest BCUT2D eigenvalue weighted by atomic mass is 9.79. The number of H-pyrrole nitrogens is 1. The molecule has 0 unspecified atom stereocenters. The van der Waals surface area contributed by atoms with Gasteiger partial charge in [0, 0.05) is 24.7 Å². The maximum absolute atomic E-state index is 15.3. The Bertz CT molecular complexity index is 1130. The van der Waals surface area contributed by atoms with Gasteiger partial charge in [-0.15, -0.1) is 10.2 Å². The molecule has 0 aliphatic carbocycles. The fourth-order valence-corrected chi connectivity index (χ4v) is 4.34. The van der Waals surface area contributed by atoms with E-state index in [9.17, 15) is 4.79 Å². The lowest BCUT2D eigenvalue weighted by Crippen LogP contribution is -2.48. The Morgan fingerprint density at radius 1 is 1.22 bits per heavy atom. The Morgan fingerprint density at radius 3 is 2.72 bits per heavy atom. The van der Waals surface area contributed by atoms with Gasteiger partial charge in [0.25, 0.3) is 5.91 Å². The summed E-state index contributed by atoms with van der Waals surface area (Å²) >= 11 is 0. The van der Waals surface area contributed by atoms with Crippen molar-refractivity contribution in [2.24, 2.45) is 0 Å². The van der Waals surface area contributed by atoms with Gasteiger partial charge < -0.3 is 10.3 Å². The Labute approximate surface area is 187 Å². The van der Waals surface area contributed by atoms with Crippen LogP contribution in [-0.2, 0) is 23.3 Å². The Morgan fingerprint density at radius 2 is 2.06 bits per heavy atom.